The summed E-state index contributed by atoms with van der Waals surface area (Å²) in [6.07, 6.45) is 0.833. The lowest BCUT2D eigenvalue weighted by molar-refractivity contribution is 0.229. The summed E-state index contributed by atoms with van der Waals surface area (Å²) in [6.45, 7) is 5.14. The largest absolute Gasteiger partial charge is 0.489 e. The van der Waals surface area contributed by atoms with Gasteiger partial charge in [0.05, 0.1) is 6.54 Å². The molecule has 1 aromatic rings. The van der Waals surface area contributed by atoms with Gasteiger partial charge in [-0.25, -0.2) is 9.38 Å². The highest BCUT2D eigenvalue weighted by Gasteiger charge is 2.04. The molecule has 0 saturated heterocycles. The first-order valence-electron chi connectivity index (χ1n) is 6.07. The summed E-state index contributed by atoms with van der Waals surface area (Å²) < 4.78 is 18.5. The van der Waals surface area contributed by atoms with Crippen LogP contribution in [0.4, 0.5) is 4.39 Å². The average molecular weight is 381 g/mol. The third-order valence-electron chi connectivity index (χ3n) is 2.21. The number of nitrogens with zero attached hydrogens (tertiary/aromatic N) is 1. The first-order chi connectivity index (χ1) is 8.61. The van der Waals surface area contributed by atoms with Crippen molar-refractivity contribution in [3.8, 4) is 5.75 Å². The molecular formula is C13H21FIN3O. The van der Waals surface area contributed by atoms with Crippen LogP contribution in [0.1, 0.15) is 20.3 Å². The zero-order valence-corrected chi connectivity index (χ0v) is 13.6. The van der Waals surface area contributed by atoms with E-state index in [0.717, 1.165) is 13.0 Å². The molecule has 0 fully saturated rings. The minimum Gasteiger partial charge on any atom is -0.489 e. The molecule has 0 aliphatic heterocycles. The molecule has 1 atom stereocenters. The fourth-order valence-electron chi connectivity index (χ4n) is 1.35. The van der Waals surface area contributed by atoms with Crippen LogP contribution < -0.4 is 15.8 Å². The number of aliphatic imine (C=N–C) groups is 1. The summed E-state index contributed by atoms with van der Waals surface area (Å²) in [5.41, 5.74) is 5.65. The Hall–Kier alpha value is -1.05. The van der Waals surface area contributed by atoms with Gasteiger partial charge in [-0.05, 0) is 25.5 Å². The van der Waals surface area contributed by atoms with Gasteiger partial charge in [-0.3, -0.25) is 0 Å². The number of rotatable bonds is 6. The number of nitrogens with two attached hydrogens (primary N) is 1. The number of halogens is 2. The molecule has 0 aromatic heterocycles. The molecule has 0 aliphatic carbocycles. The molecule has 0 aliphatic rings. The normalized spacial score (nSPS) is 12.5. The molecule has 6 heteroatoms. The number of nitrogens with one attached hydrogen (secondary N) is 1. The van der Waals surface area contributed by atoms with Crippen LogP contribution in [-0.4, -0.2) is 25.2 Å². The van der Waals surface area contributed by atoms with E-state index >= 15 is 0 Å². The van der Waals surface area contributed by atoms with Gasteiger partial charge in [0.2, 0.25) is 0 Å². The molecule has 1 aromatic carbocycles. The molecule has 108 valence electrons. The Morgan fingerprint density at radius 3 is 2.89 bits per heavy atom. The highest BCUT2D eigenvalue weighted by molar-refractivity contribution is 14.0. The number of guanidine groups is 1. The van der Waals surface area contributed by atoms with Gasteiger partial charge in [-0.2, -0.15) is 0 Å². The van der Waals surface area contributed by atoms with Crippen LogP contribution in [0.3, 0.4) is 0 Å². The SMILES string of the molecule is CCCNC(N)=NCC(C)Oc1cccc(F)c1.I. The Labute approximate surface area is 130 Å². The zero-order valence-electron chi connectivity index (χ0n) is 11.2. The van der Waals surface area contributed by atoms with Crippen molar-refractivity contribution < 1.29 is 9.13 Å². The van der Waals surface area contributed by atoms with Crippen LogP contribution in [-0.2, 0) is 0 Å². The second kappa shape index (κ2) is 9.82. The standard InChI is InChI=1S/C13H20FN3O.HI/c1-3-7-16-13(15)17-9-10(2)18-12-6-4-5-11(14)8-12;/h4-6,8,10H,3,7,9H2,1-2H3,(H3,15,16,17);1H. The molecule has 19 heavy (non-hydrogen) atoms. The van der Waals surface area contributed by atoms with Crippen molar-refractivity contribution in [1.29, 1.82) is 0 Å². The van der Waals surface area contributed by atoms with Crippen molar-refractivity contribution in [2.75, 3.05) is 13.1 Å². The molecule has 1 rings (SSSR count). The molecule has 3 N–H and O–H groups in total. The molecule has 4 nitrogen and oxygen atoms in total. The van der Waals surface area contributed by atoms with Crippen molar-refractivity contribution in [2.45, 2.75) is 26.4 Å². The quantitative estimate of drug-likeness (QED) is 0.452. The molecule has 0 heterocycles. The third kappa shape index (κ3) is 7.86. The highest BCUT2D eigenvalue weighted by Crippen LogP contribution is 2.13. The third-order valence-corrected chi connectivity index (χ3v) is 2.21. The Morgan fingerprint density at radius 2 is 2.26 bits per heavy atom. The number of hydrogen-bond acceptors (Lipinski definition) is 2. The van der Waals surface area contributed by atoms with Crippen LogP contribution in [0.15, 0.2) is 29.3 Å². The number of benzene rings is 1. The van der Waals surface area contributed by atoms with Gasteiger partial charge in [0.25, 0.3) is 0 Å². The van der Waals surface area contributed by atoms with Gasteiger partial charge >= 0.3 is 0 Å². The van der Waals surface area contributed by atoms with E-state index in [2.05, 4.69) is 17.2 Å². The molecule has 0 saturated carbocycles. The van der Waals surface area contributed by atoms with Crippen molar-refractivity contribution in [2.24, 2.45) is 10.7 Å². The first kappa shape index (κ1) is 17.9. The van der Waals surface area contributed by atoms with Crippen molar-refractivity contribution in [3.63, 3.8) is 0 Å². The van der Waals surface area contributed by atoms with E-state index in [0.29, 0.717) is 18.3 Å². The maximum Gasteiger partial charge on any atom is 0.188 e. The summed E-state index contributed by atoms with van der Waals surface area (Å²) >= 11 is 0. The molecule has 0 amide bonds. The predicted molar refractivity (Wildman–Crippen MR) is 86.7 cm³/mol. The van der Waals surface area contributed by atoms with Gasteiger partial charge < -0.3 is 15.8 Å². The van der Waals surface area contributed by atoms with Gasteiger partial charge in [0, 0.05) is 12.6 Å². The van der Waals surface area contributed by atoms with Crippen LogP contribution in [0.2, 0.25) is 0 Å². The van der Waals surface area contributed by atoms with Gasteiger partial charge in [0.15, 0.2) is 5.96 Å². The summed E-state index contributed by atoms with van der Waals surface area (Å²) in [4.78, 5) is 4.14. The van der Waals surface area contributed by atoms with Gasteiger partial charge in [-0.15, -0.1) is 24.0 Å². The summed E-state index contributed by atoms with van der Waals surface area (Å²) in [5.74, 6) is 0.594. The van der Waals surface area contributed by atoms with E-state index in [1.165, 1.54) is 12.1 Å². The van der Waals surface area contributed by atoms with E-state index in [-0.39, 0.29) is 35.9 Å². The second-order valence-electron chi connectivity index (χ2n) is 4.04. The summed E-state index contributed by atoms with van der Waals surface area (Å²) in [7, 11) is 0. The summed E-state index contributed by atoms with van der Waals surface area (Å²) in [6, 6.07) is 6.04. The molecular weight excluding hydrogens is 360 g/mol. The molecule has 0 spiro atoms. The maximum absolute atomic E-state index is 12.9. The van der Waals surface area contributed by atoms with Crippen molar-refractivity contribution >= 4 is 29.9 Å². The monoisotopic (exact) mass is 381 g/mol. The van der Waals surface area contributed by atoms with Crippen molar-refractivity contribution in [1.82, 2.24) is 5.32 Å². The summed E-state index contributed by atoms with van der Waals surface area (Å²) in [5, 5.41) is 2.97. The van der Waals surface area contributed by atoms with Crippen molar-refractivity contribution in [3.05, 3.63) is 30.1 Å². The lowest BCUT2D eigenvalue weighted by Gasteiger charge is -2.13. The first-order valence-corrected chi connectivity index (χ1v) is 6.07. The zero-order chi connectivity index (χ0) is 13.4. The lowest BCUT2D eigenvalue weighted by atomic mass is 10.3. The molecule has 1 unspecified atom stereocenters. The predicted octanol–water partition coefficient (Wildman–Crippen LogP) is 2.53. The fourth-order valence-corrected chi connectivity index (χ4v) is 1.35. The van der Waals surface area contributed by atoms with E-state index in [1.807, 2.05) is 6.92 Å². The van der Waals surface area contributed by atoms with Crippen LogP contribution in [0.25, 0.3) is 0 Å². The average Bonchev–Trinajstić information content (AvgIpc) is 2.34. The van der Waals surface area contributed by atoms with E-state index in [4.69, 9.17) is 10.5 Å². The van der Waals surface area contributed by atoms with Gasteiger partial charge in [-0.1, -0.05) is 13.0 Å². The fraction of sp³-hybridized carbons (Fsp3) is 0.462. The Kier molecular flexibility index (Phi) is 9.28. The lowest BCUT2D eigenvalue weighted by Crippen LogP contribution is -2.33. The van der Waals surface area contributed by atoms with E-state index in [1.54, 1.807) is 12.1 Å². The minimum absolute atomic E-state index is 0. The van der Waals surface area contributed by atoms with Crippen LogP contribution in [0.5, 0.6) is 5.75 Å². The van der Waals surface area contributed by atoms with Crippen LogP contribution in [0, 0.1) is 5.82 Å². The second-order valence-corrected chi connectivity index (χ2v) is 4.04. The highest BCUT2D eigenvalue weighted by atomic mass is 127. The minimum atomic E-state index is -0.313. The Balaban J connectivity index is 0.00000324. The molecule has 0 radical (unpaired) electrons. The number of ether oxygens (including phenoxy) is 1. The topological polar surface area (TPSA) is 59.6 Å². The smallest absolute Gasteiger partial charge is 0.188 e. The van der Waals surface area contributed by atoms with Gasteiger partial charge in [0.1, 0.15) is 17.7 Å². The molecule has 0 bridgehead atoms. The maximum atomic E-state index is 12.9. The van der Waals surface area contributed by atoms with E-state index < -0.39 is 0 Å². The number of hydrogen-bond donors (Lipinski definition) is 2. The van der Waals surface area contributed by atoms with E-state index in [9.17, 15) is 4.39 Å². The Morgan fingerprint density at radius 1 is 1.53 bits per heavy atom. The van der Waals surface area contributed by atoms with Crippen LogP contribution >= 0.6 is 24.0 Å². The Bertz CT molecular complexity index is 401.